The second kappa shape index (κ2) is 8.90. The number of nitrogens with zero attached hydrogens (tertiary/aromatic N) is 3. The van der Waals surface area contributed by atoms with Crippen LogP contribution < -0.4 is 10.2 Å². The molecule has 1 aliphatic rings. The van der Waals surface area contributed by atoms with Crippen molar-refractivity contribution in [1.82, 2.24) is 9.88 Å². The molecule has 0 spiro atoms. The van der Waals surface area contributed by atoms with Crippen molar-refractivity contribution in [1.29, 1.82) is 0 Å². The number of rotatable bonds is 2. The van der Waals surface area contributed by atoms with Gasteiger partial charge < -0.3 is 15.1 Å². The number of aryl methyl sites for hydroxylation is 1. The Morgan fingerprint density at radius 1 is 1.28 bits per heavy atom. The maximum Gasteiger partial charge on any atom is 0.416 e. The van der Waals surface area contributed by atoms with Gasteiger partial charge in [-0.05, 0) is 43.7 Å². The molecular formula is C20H24ClF3N4O. The highest BCUT2D eigenvalue weighted by Crippen LogP contribution is 2.33. The largest absolute Gasteiger partial charge is 0.416 e. The van der Waals surface area contributed by atoms with Crippen LogP contribution in [0.1, 0.15) is 25.5 Å². The zero-order chi connectivity index (χ0) is 20.5. The number of carbonyl (C=O) groups excluding carboxylic acids is 1. The molecular weight excluding hydrogens is 405 g/mol. The summed E-state index contributed by atoms with van der Waals surface area (Å²) in [5.41, 5.74) is -0.530. The molecule has 1 aromatic carbocycles. The zero-order valence-electron chi connectivity index (χ0n) is 15.4. The van der Waals surface area contributed by atoms with E-state index in [0.29, 0.717) is 30.5 Å². The lowest BCUT2D eigenvalue weighted by Crippen LogP contribution is -2.55. The molecule has 2 heterocycles. The van der Waals surface area contributed by atoms with Crippen LogP contribution in [0, 0.1) is 6.92 Å². The van der Waals surface area contributed by atoms with Crippen LogP contribution in [0.15, 0.2) is 36.5 Å². The molecule has 0 radical (unpaired) electrons. The molecule has 2 amide bonds. The molecule has 1 fully saturated rings. The molecule has 1 N–H and O–H groups in total. The molecule has 1 atom stereocenters. The first-order chi connectivity index (χ1) is 13.2. The van der Waals surface area contributed by atoms with Gasteiger partial charge in [-0.2, -0.15) is 13.2 Å². The standard InChI is InChI=1S/C19H20ClF3N4O.CH4/c1-12-5-6-14(10-15(12)19(21,22)23)25-18(28)27-9-8-26(11-13(27)2)17-16(20)4-3-7-24-17;/h3-7,10,13H,8-9,11H2,1-2H3,(H,25,28);1H4/t13-;/m1./s1. The van der Waals surface area contributed by atoms with Gasteiger partial charge in [0.2, 0.25) is 0 Å². The van der Waals surface area contributed by atoms with Gasteiger partial charge >= 0.3 is 12.2 Å². The van der Waals surface area contributed by atoms with E-state index in [1.54, 1.807) is 23.2 Å². The van der Waals surface area contributed by atoms with Crippen molar-refractivity contribution in [3.05, 3.63) is 52.7 Å². The molecule has 0 bridgehead atoms. The SMILES string of the molecule is C.Cc1ccc(NC(=O)N2CCN(c3ncccc3Cl)C[C@H]2C)cc1C(F)(F)F. The van der Waals surface area contributed by atoms with Crippen LogP contribution in [0.3, 0.4) is 0 Å². The third-order valence-corrected chi connectivity index (χ3v) is 5.02. The molecule has 1 aliphatic heterocycles. The summed E-state index contributed by atoms with van der Waals surface area (Å²) in [6.45, 7) is 4.71. The third-order valence-electron chi connectivity index (χ3n) is 4.72. The van der Waals surface area contributed by atoms with Crippen molar-refractivity contribution in [2.24, 2.45) is 0 Å². The number of anilines is 2. The quantitative estimate of drug-likeness (QED) is 0.692. The first kappa shape index (κ1) is 22.8. The van der Waals surface area contributed by atoms with E-state index in [-0.39, 0.29) is 24.7 Å². The van der Waals surface area contributed by atoms with Gasteiger partial charge in [0, 0.05) is 37.6 Å². The van der Waals surface area contributed by atoms with E-state index in [1.807, 2.05) is 11.8 Å². The van der Waals surface area contributed by atoms with Crippen LogP contribution in [-0.4, -0.2) is 41.6 Å². The number of alkyl halides is 3. The van der Waals surface area contributed by atoms with Gasteiger partial charge in [-0.1, -0.05) is 25.1 Å². The number of aromatic nitrogens is 1. The zero-order valence-corrected chi connectivity index (χ0v) is 16.2. The van der Waals surface area contributed by atoms with Crippen molar-refractivity contribution in [2.45, 2.75) is 33.5 Å². The van der Waals surface area contributed by atoms with Gasteiger partial charge in [-0.25, -0.2) is 9.78 Å². The van der Waals surface area contributed by atoms with E-state index in [9.17, 15) is 18.0 Å². The Morgan fingerprint density at radius 3 is 2.62 bits per heavy atom. The number of halogens is 4. The Balaban J connectivity index is 0.00000300. The minimum absolute atomic E-state index is 0. The van der Waals surface area contributed by atoms with Gasteiger partial charge in [0.05, 0.1) is 10.6 Å². The fourth-order valence-corrected chi connectivity index (χ4v) is 3.50. The molecule has 0 saturated carbocycles. The summed E-state index contributed by atoms with van der Waals surface area (Å²) in [6.07, 6.45) is -2.81. The second-order valence-corrected chi connectivity index (χ2v) is 7.16. The van der Waals surface area contributed by atoms with Crippen molar-refractivity contribution >= 4 is 29.1 Å². The molecule has 0 unspecified atom stereocenters. The normalized spacial score (nSPS) is 17.0. The average Bonchev–Trinajstić information content (AvgIpc) is 2.62. The highest BCUT2D eigenvalue weighted by atomic mass is 35.5. The minimum atomic E-state index is -4.47. The van der Waals surface area contributed by atoms with Crippen molar-refractivity contribution in [3.8, 4) is 0 Å². The van der Waals surface area contributed by atoms with Crippen LogP contribution in [0.2, 0.25) is 5.02 Å². The number of benzene rings is 1. The predicted molar refractivity (Wildman–Crippen MR) is 110 cm³/mol. The number of amides is 2. The first-order valence-electron chi connectivity index (χ1n) is 8.77. The maximum absolute atomic E-state index is 13.1. The van der Waals surface area contributed by atoms with Gasteiger partial charge in [-0.15, -0.1) is 0 Å². The van der Waals surface area contributed by atoms with Crippen molar-refractivity contribution in [3.63, 3.8) is 0 Å². The monoisotopic (exact) mass is 428 g/mol. The molecule has 9 heteroatoms. The highest BCUT2D eigenvalue weighted by Gasteiger charge is 2.33. The van der Waals surface area contributed by atoms with Crippen LogP contribution in [0.25, 0.3) is 0 Å². The summed E-state index contributed by atoms with van der Waals surface area (Å²) in [4.78, 5) is 20.5. The Bertz CT molecular complexity index is 875. The summed E-state index contributed by atoms with van der Waals surface area (Å²) in [5, 5.41) is 3.11. The van der Waals surface area contributed by atoms with Crippen LogP contribution in [-0.2, 0) is 6.18 Å². The molecule has 3 rings (SSSR count). The van der Waals surface area contributed by atoms with E-state index in [1.165, 1.54) is 19.1 Å². The van der Waals surface area contributed by atoms with Crippen molar-refractivity contribution < 1.29 is 18.0 Å². The Labute approximate surface area is 173 Å². The number of urea groups is 1. The molecule has 5 nitrogen and oxygen atoms in total. The first-order valence-corrected chi connectivity index (χ1v) is 9.15. The summed E-state index contributed by atoms with van der Waals surface area (Å²) in [6, 6.07) is 6.68. The lowest BCUT2D eigenvalue weighted by molar-refractivity contribution is -0.138. The van der Waals surface area contributed by atoms with E-state index >= 15 is 0 Å². The fraction of sp³-hybridized carbons (Fsp3) is 0.400. The van der Waals surface area contributed by atoms with Gasteiger partial charge in [0.25, 0.3) is 0 Å². The van der Waals surface area contributed by atoms with E-state index in [0.717, 1.165) is 6.07 Å². The Hall–Kier alpha value is -2.48. The average molecular weight is 429 g/mol. The molecule has 29 heavy (non-hydrogen) atoms. The maximum atomic E-state index is 13.1. The second-order valence-electron chi connectivity index (χ2n) is 6.75. The third kappa shape index (κ3) is 5.12. The number of hydrogen-bond donors (Lipinski definition) is 1. The Kier molecular flexibility index (Phi) is 7.00. The molecule has 2 aromatic rings. The lowest BCUT2D eigenvalue weighted by atomic mass is 10.1. The highest BCUT2D eigenvalue weighted by molar-refractivity contribution is 6.32. The van der Waals surface area contributed by atoms with Gasteiger partial charge in [0.15, 0.2) is 0 Å². The van der Waals surface area contributed by atoms with Crippen LogP contribution in [0.5, 0.6) is 0 Å². The summed E-state index contributed by atoms with van der Waals surface area (Å²) < 4.78 is 39.2. The van der Waals surface area contributed by atoms with Crippen LogP contribution >= 0.6 is 11.6 Å². The summed E-state index contributed by atoms with van der Waals surface area (Å²) in [5.74, 6) is 0.657. The summed E-state index contributed by atoms with van der Waals surface area (Å²) >= 11 is 6.19. The van der Waals surface area contributed by atoms with Gasteiger partial charge in [0.1, 0.15) is 5.82 Å². The minimum Gasteiger partial charge on any atom is -0.352 e. The predicted octanol–water partition coefficient (Wildman–Crippen LogP) is 5.44. The van der Waals surface area contributed by atoms with Crippen molar-refractivity contribution in [2.75, 3.05) is 29.9 Å². The number of pyridine rings is 1. The van der Waals surface area contributed by atoms with Crippen LogP contribution in [0.4, 0.5) is 29.5 Å². The topological polar surface area (TPSA) is 48.5 Å². The number of carbonyl (C=O) groups is 1. The van der Waals surface area contributed by atoms with E-state index in [2.05, 4.69) is 10.3 Å². The lowest BCUT2D eigenvalue weighted by Gasteiger charge is -2.40. The number of piperazine rings is 1. The van der Waals surface area contributed by atoms with Gasteiger partial charge in [-0.3, -0.25) is 0 Å². The van der Waals surface area contributed by atoms with E-state index < -0.39 is 17.8 Å². The molecule has 1 saturated heterocycles. The fourth-order valence-electron chi connectivity index (χ4n) is 3.26. The molecule has 1 aromatic heterocycles. The number of nitrogens with one attached hydrogen (secondary N) is 1. The Morgan fingerprint density at radius 2 is 2.00 bits per heavy atom. The summed E-state index contributed by atoms with van der Waals surface area (Å²) in [7, 11) is 0. The molecule has 158 valence electrons. The number of hydrogen-bond acceptors (Lipinski definition) is 3. The molecule has 0 aliphatic carbocycles. The van der Waals surface area contributed by atoms with E-state index in [4.69, 9.17) is 11.6 Å². The smallest absolute Gasteiger partial charge is 0.352 e.